The van der Waals surface area contributed by atoms with E-state index in [1.54, 1.807) is 0 Å². The third kappa shape index (κ3) is 1.69. The molecule has 0 aromatic heterocycles. The highest BCUT2D eigenvalue weighted by Crippen LogP contribution is 2.28. The summed E-state index contributed by atoms with van der Waals surface area (Å²) in [5, 5.41) is 3.50. The molecule has 14 heavy (non-hydrogen) atoms. The first kappa shape index (κ1) is 9.72. The molecular weight excluding hydrogens is 170 g/mol. The van der Waals surface area contributed by atoms with Crippen molar-refractivity contribution in [2.75, 3.05) is 13.1 Å². The van der Waals surface area contributed by atoms with Gasteiger partial charge in [0.2, 0.25) is 0 Å². The molecule has 76 valence electrons. The minimum Gasteiger partial charge on any atom is -0.316 e. The first-order valence-electron chi connectivity index (χ1n) is 5.40. The fourth-order valence-electron chi connectivity index (χ4n) is 2.26. The van der Waals surface area contributed by atoms with E-state index in [2.05, 4.69) is 44.3 Å². The lowest BCUT2D eigenvalue weighted by molar-refractivity contribution is 0.488. The first-order chi connectivity index (χ1) is 6.59. The molecule has 0 amide bonds. The van der Waals surface area contributed by atoms with E-state index in [-0.39, 0.29) is 5.41 Å². The molecule has 0 saturated carbocycles. The maximum Gasteiger partial charge on any atom is 0.00434 e. The molecule has 1 aliphatic heterocycles. The van der Waals surface area contributed by atoms with Gasteiger partial charge in [-0.3, -0.25) is 0 Å². The number of aryl methyl sites for hydroxylation is 1. The van der Waals surface area contributed by atoms with Crippen molar-refractivity contribution in [2.24, 2.45) is 0 Å². The molecule has 1 aromatic carbocycles. The van der Waals surface area contributed by atoms with Gasteiger partial charge in [-0.1, -0.05) is 37.6 Å². The Morgan fingerprint density at radius 3 is 2.86 bits per heavy atom. The first-order valence-corrected chi connectivity index (χ1v) is 5.40. The maximum atomic E-state index is 3.50. The summed E-state index contributed by atoms with van der Waals surface area (Å²) >= 11 is 0. The van der Waals surface area contributed by atoms with Crippen molar-refractivity contribution < 1.29 is 0 Å². The third-order valence-corrected chi connectivity index (χ3v) is 3.13. The average Bonchev–Trinajstić information content (AvgIpc) is 2.26. The Bertz CT molecular complexity index is 339. The van der Waals surface area contributed by atoms with Crippen LogP contribution < -0.4 is 5.32 Å². The van der Waals surface area contributed by atoms with E-state index in [0.717, 1.165) is 13.1 Å². The summed E-state index contributed by atoms with van der Waals surface area (Å²) in [6.45, 7) is 9.02. The number of fused-ring (bicyclic) bond motifs is 1. The van der Waals surface area contributed by atoms with Crippen molar-refractivity contribution in [3.8, 4) is 0 Å². The van der Waals surface area contributed by atoms with Crippen molar-refractivity contribution in [3.05, 3.63) is 34.9 Å². The van der Waals surface area contributed by atoms with E-state index in [1.807, 2.05) is 0 Å². The summed E-state index contributed by atoms with van der Waals surface area (Å²) in [7, 11) is 0. The normalized spacial score (nSPS) is 19.9. The highest BCUT2D eigenvalue weighted by Gasteiger charge is 2.25. The van der Waals surface area contributed by atoms with Gasteiger partial charge in [0.25, 0.3) is 0 Å². The summed E-state index contributed by atoms with van der Waals surface area (Å²) in [5.41, 5.74) is 4.70. The summed E-state index contributed by atoms with van der Waals surface area (Å²) in [4.78, 5) is 0. The van der Waals surface area contributed by atoms with Gasteiger partial charge >= 0.3 is 0 Å². The highest BCUT2D eigenvalue weighted by molar-refractivity contribution is 5.38. The zero-order valence-electron chi connectivity index (χ0n) is 9.35. The lowest BCUT2D eigenvalue weighted by atomic mass is 9.81. The van der Waals surface area contributed by atoms with E-state index in [9.17, 15) is 0 Å². The maximum absolute atomic E-state index is 3.50. The van der Waals surface area contributed by atoms with Gasteiger partial charge in [0, 0.05) is 12.0 Å². The molecule has 1 N–H and O–H groups in total. The second kappa shape index (κ2) is 3.39. The van der Waals surface area contributed by atoms with Crippen molar-refractivity contribution in [1.82, 2.24) is 5.32 Å². The molecule has 1 heteroatoms. The van der Waals surface area contributed by atoms with E-state index < -0.39 is 0 Å². The number of benzene rings is 1. The molecule has 1 aromatic rings. The predicted octanol–water partition coefficient (Wildman–Crippen LogP) is 2.42. The van der Waals surface area contributed by atoms with E-state index >= 15 is 0 Å². The van der Waals surface area contributed by atoms with Crippen molar-refractivity contribution in [1.29, 1.82) is 0 Å². The van der Waals surface area contributed by atoms with E-state index in [1.165, 1.54) is 23.1 Å². The van der Waals surface area contributed by atoms with Crippen LogP contribution in [0.15, 0.2) is 18.2 Å². The monoisotopic (exact) mass is 189 g/mol. The second-order valence-corrected chi connectivity index (χ2v) is 4.97. The van der Waals surface area contributed by atoms with Gasteiger partial charge < -0.3 is 5.32 Å². The molecular formula is C13H19N. The van der Waals surface area contributed by atoms with Crippen LogP contribution in [0.3, 0.4) is 0 Å². The van der Waals surface area contributed by atoms with Gasteiger partial charge in [0.1, 0.15) is 0 Å². The number of nitrogens with one attached hydrogen (secondary N) is 1. The molecule has 0 spiro atoms. The van der Waals surface area contributed by atoms with Crippen molar-refractivity contribution >= 4 is 0 Å². The Morgan fingerprint density at radius 1 is 1.29 bits per heavy atom. The Morgan fingerprint density at radius 2 is 2.07 bits per heavy atom. The Balaban J connectivity index is 2.52. The minimum absolute atomic E-state index is 0.276. The molecule has 2 rings (SSSR count). The quantitative estimate of drug-likeness (QED) is 0.661. The molecule has 1 nitrogen and oxygen atoms in total. The van der Waals surface area contributed by atoms with Gasteiger partial charge in [0.05, 0.1) is 0 Å². The lowest BCUT2D eigenvalue weighted by Crippen LogP contribution is -2.31. The molecule has 0 radical (unpaired) electrons. The number of hydrogen-bond acceptors (Lipinski definition) is 1. The molecule has 0 saturated heterocycles. The van der Waals surface area contributed by atoms with Crippen LogP contribution in [0.25, 0.3) is 0 Å². The summed E-state index contributed by atoms with van der Waals surface area (Å²) in [6.07, 6.45) is 1.17. The average molecular weight is 189 g/mol. The topological polar surface area (TPSA) is 12.0 Å². The Labute approximate surface area is 86.5 Å². The van der Waals surface area contributed by atoms with Crippen LogP contribution in [0.5, 0.6) is 0 Å². The van der Waals surface area contributed by atoms with Gasteiger partial charge in [-0.15, -0.1) is 0 Å². The number of rotatable bonds is 0. The smallest absolute Gasteiger partial charge is 0.00434 e. The number of hydrogen-bond donors (Lipinski definition) is 1. The predicted molar refractivity (Wildman–Crippen MR) is 60.8 cm³/mol. The van der Waals surface area contributed by atoms with Crippen molar-refractivity contribution in [2.45, 2.75) is 32.6 Å². The fraction of sp³-hybridized carbons (Fsp3) is 0.538. The zero-order chi connectivity index (χ0) is 10.2. The second-order valence-electron chi connectivity index (χ2n) is 4.97. The Hall–Kier alpha value is -0.820. The molecule has 1 aliphatic rings. The van der Waals surface area contributed by atoms with Crippen LogP contribution in [-0.4, -0.2) is 13.1 Å². The molecule has 1 heterocycles. The summed E-state index contributed by atoms with van der Waals surface area (Å²) in [6, 6.07) is 6.86. The van der Waals surface area contributed by atoms with Crippen LogP contribution in [0.4, 0.5) is 0 Å². The standard InChI is InChI=1S/C13H19N/c1-10-4-5-11-6-7-14-9-13(2,3)12(11)8-10/h4-5,8,14H,6-7,9H2,1-3H3. The SMILES string of the molecule is Cc1ccc2c(c1)C(C)(C)CNCC2. The molecule has 0 bridgehead atoms. The lowest BCUT2D eigenvalue weighted by Gasteiger charge is -2.25. The summed E-state index contributed by atoms with van der Waals surface area (Å²) < 4.78 is 0. The van der Waals surface area contributed by atoms with Gasteiger partial charge in [-0.05, 0) is 31.0 Å². The molecule has 0 atom stereocenters. The van der Waals surface area contributed by atoms with E-state index in [0.29, 0.717) is 0 Å². The van der Waals surface area contributed by atoms with Crippen LogP contribution >= 0.6 is 0 Å². The zero-order valence-corrected chi connectivity index (χ0v) is 9.35. The fourth-order valence-corrected chi connectivity index (χ4v) is 2.26. The van der Waals surface area contributed by atoms with Gasteiger partial charge in [-0.25, -0.2) is 0 Å². The van der Waals surface area contributed by atoms with E-state index in [4.69, 9.17) is 0 Å². The molecule has 0 unspecified atom stereocenters. The summed E-state index contributed by atoms with van der Waals surface area (Å²) in [5.74, 6) is 0. The van der Waals surface area contributed by atoms with Crippen LogP contribution in [0, 0.1) is 6.92 Å². The highest BCUT2D eigenvalue weighted by atomic mass is 14.9. The van der Waals surface area contributed by atoms with Gasteiger partial charge in [-0.2, -0.15) is 0 Å². The minimum atomic E-state index is 0.276. The largest absolute Gasteiger partial charge is 0.316 e. The van der Waals surface area contributed by atoms with Gasteiger partial charge in [0.15, 0.2) is 0 Å². The third-order valence-electron chi connectivity index (χ3n) is 3.13. The molecule has 0 fully saturated rings. The van der Waals surface area contributed by atoms with Crippen LogP contribution in [0.2, 0.25) is 0 Å². The van der Waals surface area contributed by atoms with Crippen LogP contribution in [-0.2, 0) is 11.8 Å². The molecule has 0 aliphatic carbocycles. The van der Waals surface area contributed by atoms with Crippen molar-refractivity contribution in [3.63, 3.8) is 0 Å². The Kier molecular flexibility index (Phi) is 2.36. The van der Waals surface area contributed by atoms with Crippen LogP contribution in [0.1, 0.15) is 30.5 Å².